The lowest BCUT2D eigenvalue weighted by atomic mass is 9.99. The zero-order chi connectivity index (χ0) is 7.33. The minimum atomic E-state index is -0.873. The van der Waals surface area contributed by atoms with E-state index in [9.17, 15) is 0 Å². The van der Waals surface area contributed by atoms with Crippen LogP contribution in [0, 0.1) is 0 Å². The van der Waals surface area contributed by atoms with E-state index in [0.29, 0.717) is 6.42 Å². The summed E-state index contributed by atoms with van der Waals surface area (Å²) in [6.45, 7) is 3.01. The van der Waals surface area contributed by atoms with Crippen molar-refractivity contribution in [3.63, 3.8) is 0 Å². The second-order valence-electron chi connectivity index (χ2n) is 2.17. The first-order valence-electron chi connectivity index (χ1n) is 2.80. The van der Waals surface area contributed by atoms with Crippen molar-refractivity contribution in [2.24, 2.45) is 5.73 Å². The van der Waals surface area contributed by atoms with Crippen LogP contribution in [0.15, 0.2) is 12.7 Å². The van der Waals surface area contributed by atoms with Crippen LogP contribution in [0.2, 0.25) is 0 Å². The lowest BCUT2D eigenvalue weighted by molar-refractivity contribution is 0.123. The Labute approximate surface area is 54.8 Å². The van der Waals surface area contributed by atoms with Crippen LogP contribution in [0.5, 0.6) is 0 Å². The van der Waals surface area contributed by atoms with Gasteiger partial charge in [-0.25, -0.2) is 0 Å². The number of hydrogen-bond donors (Lipinski definition) is 3. The van der Waals surface area contributed by atoms with Crippen molar-refractivity contribution in [1.29, 1.82) is 0 Å². The maximum atomic E-state index is 8.58. The van der Waals surface area contributed by atoms with E-state index in [2.05, 4.69) is 6.58 Å². The third kappa shape index (κ3) is 2.60. The summed E-state index contributed by atoms with van der Waals surface area (Å²) in [6, 6.07) is 0. The van der Waals surface area contributed by atoms with Crippen LogP contribution in [0.4, 0.5) is 0 Å². The fourth-order valence-corrected chi connectivity index (χ4v) is 0.467. The van der Waals surface area contributed by atoms with E-state index in [-0.39, 0.29) is 13.2 Å². The van der Waals surface area contributed by atoms with Crippen LogP contribution in [-0.4, -0.2) is 29.0 Å². The molecular weight excluding hydrogens is 118 g/mol. The highest BCUT2D eigenvalue weighted by atomic mass is 16.3. The average molecular weight is 131 g/mol. The monoisotopic (exact) mass is 131 g/mol. The van der Waals surface area contributed by atoms with E-state index < -0.39 is 5.54 Å². The molecule has 0 aromatic rings. The van der Waals surface area contributed by atoms with Gasteiger partial charge in [-0.1, -0.05) is 6.08 Å². The minimum Gasteiger partial charge on any atom is -0.394 e. The highest BCUT2D eigenvalue weighted by Gasteiger charge is 2.20. The van der Waals surface area contributed by atoms with Crippen LogP contribution in [0.3, 0.4) is 0 Å². The topological polar surface area (TPSA) is 66.5 Å². The number of aliphatic hydroxyl groups excluding tert-OH is 2. The molecule has 0 heterocycles. The van der Waals surface area contributed by atoms with Crippen LogP contribution < -0.4 is 5.73 Å². The summed E-state index contributed by atoms with van der Waals surface area (Å²) in [7, 11) is 0. The predicted molar refractivity (Wildman–Crippen MR) is 35.9 cm³/mol. The molecule has 0 saturated heterocycles. The zero-order valence-corrected chi connectivity index (χ0v) is 5.38. The highest BCUT2D eigenvalue weighted by molar-refractivity contribution is 4.89. The van der Waals surface area contributed by atoms with Crippen molar-refractivity contribution in [3.8, 4) is 0 Å². The van der Waals surface area contributed by atoms with Crippen LogP contribution in [0.1, 0.15) is 6.42 Å². The summed E-state index contributed by atoms with van der Waals surface area (Å²) in [5.74, 6) is 0. The van der Waals surface area contributed by atoms with Gasteiger partial charge in [-0.15, -0.1) is 6.58 Å². The van der Waals surface area contributed by atoms with E-state index in [1.807, 2.05) is 0 Å². The molecule has 0 spiro atoms. The Morgan fingerprint density at radius 1 is 1.44 bits per heavy atom. The highest BCUT2D eigenvalue weighted by Crippen LogP contribution is 2.03. The zero-order valence-electron chi connectivity index (χ0n) is 5.38. The smallest absolute Gasteiger partial charge is 0.0657 e. The largest absolute Gasteiger partial charge is 0.394 e. The number of rotatable bonds is 4. The summed E-state index contributed by atoms with van der Waals surface area (Å²) in [5, 5.41) is 17.2. The molecule has 0 aliphatic heterocycles. The van der Waals surface area contributed by atoms with Crippen LogP contribution in [-0.2, 0) is 0 Å². The van der Waals surface area contributed by atoms with E-state index in [0.717, 1.165) is 0 Å². The van der Waals surface area contributed by atoms with Crippen molar-refractivity contribution >= 4 is 0 Å². The van der Waals surface area contributed by atoms with Gasteiger partial charge in [0.2, 0.25) is 0 Å². The summed E-state index contributed by atoms with van der Waals surface area (Å²) < 4.78 is 0. The quantitative estimate of drug-likeness (QED) is 0.439. The van der Waals surface area contributed by atoms with Gasteiger partial charge in [0.25, 0.3) is 0 Å². The SMILES string of the molecule is C=CCC(N)(CO)CO. The Morgan fingerprint density at radius 2 is 1.89 bits per heavy atom. The van der Waals surface area contributed by atoms with Gasteiger partial charge in [0, 0.05) is 0 Å². The van der Waals surface area contributed by atoms with Gasteiger partial charge in [0.15, 0.2) is 0 Å². The molecule has 0 atom stereocenters. The fourth-order valence-electron chi connectivity index (χ4n) is 0.467. The summed E-state index contributed by atoms with van der Waals surface area (Å²) in [4.78, 5) is 0. The van der Waals surface area contributed by atoms with Crippen molar-refractivity contribution < 1.29 is 10.2 Å². The molecule has 3 nitrogen and oxygen atoms in total. The van der Waals surface area contributed by atoms with E-state index >= 15 is 0 Å². The van der Waals surface area contributed by atoms with Gasteiger partial charge in [0.1, 0.15) is 0 Å². The van der Waals surface area contributed by atoms with Crippen LogP contribution in [0.25, 0.3) is 0 Å². The molecule has 4 N–H and O–H groups in total. The molecule has 0 saturated carbocycles. The van der Waals surface area contributed by atoms with E-state index in [4.69, 9.17) is 15.9 Å². The predicted octanol–water partition coefficient (Wildman–Crippen LogP) is -0.755. The molecule has 0 bridgehead atoms. The molecule has 0 amide bonds. The Morgan fingerprint density at radius 3 is 2.00 bits per heavy atom. The molecular formula is C6H13NO2. The van der Waals surface area contributed by atoms with E-state index in [1.165, 1.54) is 0 Å². The Balaban J connectivity index is 3.75. The van der Waals surface area contributed by atoms with Crippen molar-refractivity contribution in [3.05, 3.63) is 12.7 Å². The summed E-state index contributed by atoms with van der Waals surface area (Å²) in [5.41, 5.74) is 4.56. The number of hydrogen-bond acceptors (Lipinski definition) is 3. The Bertz CT molecular complexity index is 89.1. The second kappa shape index (κ2) is 3.61. The molecule has 0 fully saturated rings. The maximum absolute atomic E-state index is 8.58. The lowest BCUT2D eigenvalue weighted by Crippen LogP contribution is -2.46. The van der Waals surface area contributed by atoms with Gasteiger partial charge < -0.3 is 15.9 Å². The first-order valence-corrected chi connectivity index (χ1v) is 2.80. The minimum absolute atomic E-state index is 0.213. The molecule has 0 unspecified atom stereocenters. The van der Waals surface area contributed by atoms with Gasteiger partial charge in [0.05, 0.1) is 18.8 Å². The number of aliphatic hydroxyl groups is 2. The molecule has 54 valence electrons. The molecule has 0 radical (unpaired) electrons. The average Bonchev–Trinajstić information content (AvgIpc) is 1.89. The molecule has 0 aliphatic carbocycles. The lowest BCUT2D eigenvalue weighted by Gasteiger charge is -2.21. The third-order valence-corrected chi connectivity index (χ3v) is 1.18. The molecule has 0 aromatic carbocycles. The van der Waals surface area contributed by atoms with Crippen molar-refractivity contribution in [1.82, 2.24) is 0 Å². The second-order valence-corrected chi connectivity index (χ2v) is 2.17. The first kappa shape index (κ1) is 8.62. The molecule has 0 rings (SSSR count). The fraction of sp³-hybridized carbons (Fsp3) is 0.667. The first-order chi connectivity index (χ1) is 4.18. The third-order valence-electron chi connectivity index (χ3n) is 1.18. The summed E-state index contributed by atoms with van der Waals surface area (Å²) >= 11 is 0. The van der Waals surface area contributed by atoms with Gasteiger partial charge in [-0.3, -0.25) is 0 Å². The molecule has 0 aromatic heterocycles. The molecule has 9 heavy (non-hydrogen) atoms. The molecule has 0 aliphatic rings. The van der Waals surface area contributed by atoms with Gasteiger partial charge in [-0.05, 0) is 6.42 Å². The maximum Gasteiger partial charge on any atom is 0.0657 e. The normalized spacial score (nSPS) is 11.4. The van der Waals surface area contributed by atoms with Crippen molar-refractivity contribution in [2.45, 2.75) is 12.0 Å². The Hall–Kier alpha value is -0.380. The standard InChI is InChI=1S/C6H13NO2/c1-2-3-6(7,4-8)5-9/h2,8-9H,1,3-5,7H2. The van der Waals surface area contributed by atoms with Crippen molar-refractivity contribution in [2.75, 3.05) is 13.2 Å². The van der Waals surface area contributed by atoms with Gasteiger partial charge >= 0.3 is 0 Å². The molecule has 3 heteroatoms. The number of nitrogens with two attached hydrogens (primary N) is 1. The van der Waals surface area contributed by atoms with Gasteiger partial charge in [-0.2, -0.15) is 0 Å². The summed E-state index contributed by atoms with van der Waals surface area (Å²) in [6.07, 6.45) is 2.01. The van der Waals surface area contributed by atoms with Crippen LogP contribution >= 0.6 is 0 Å². The van der Waals surface area contributed by atoms with E-state index in [1.54, 1.807) is 6.08 Å². The Kier molecular flexibility index (Phi) is 3.46.